The molecule has 1 fully saturated rings. The molecular weight excluding hydrogens is 317 g/mol. The third-order valence-electron chi connectivity index (χ3n) is 3.29. The molecule has 7 heteroatoms. The number of aryl methyl sites for hydroxylation is 1. The molecule has 0 bridgehead atoms. The van der Waals surface area contributed by atoms with Gasteiger partial charge in [-0.2, -0.15) is 0 Å². The van der Waals surface area contributed by atoms with E-state index in [-0.39, 0.29) is 36.8 Å². The zero-order valence-corrected chi connectivity index (χ0v) is 14.3. The lowest BCUT2D eigenvalue weighted by atomic mass is 10.1. The van der Waals surface area contributed by atoms with Gasteiger partial charge in [0.2, 0.25) is 5.91 Å². The molecule has 0 saturated carbocycles. The van der Waals surface area contributed by atoms with E-state index >= 15 is 0 Å². The normalized spacial score (nSPS) is 18.8. The Labute approximate surface area is 137 Å². The number of carbonyl (C=O) groups excluding carboxylic acids is 1. The summed E-state index contributed by atoms with van der Waals surface area (Å²) in [6.45, 7) is 5.13. The Morgan fingerprint density at radius 2 is 2.35 bits per heavy atom. The van der Waals surface area contributed by atoms with E-state index in [4.69, 9.17) is 0 Å². The Hall–Kier alpha value is -0.360. The molecule has 2 unspecified atom stereocenters. The molecule has 1 aromatic heterocycles. The van der Waals surface area contributed by atoms with Gasteiger partial charge < -0.3 is 10.6 Å². The van der Waals surface area contributed by atoms with Gasteiger partial charge in [-0.05, 0) is 32.7 Å². The fourth-order valence-corrected chi connectivity index (χ4v) is 3.05. The second-order valence-electron chi connectivity index (χ2n) is 4.81. The standard InChI is InChI=1S/C13H21N3OS.2ClH/c1-3-13-16-11(8-18-13)9(2)15-12(17)7-10-5-4-6-14-10;;/h8-10,14H,3-7H2,1-2H3,(H,15,17);2*1H. The van der Waals surface area contributed by atoms with Crippen molar-refractivity contribution in [3.8, 4) is 0 Å². The summed E-state index contributed by atoms with van der Waals surface area (Å²) >= 11 is 1.66. The van der Waals surface area contributed by atoms with Crippen molar-refractivity contribution < 1.29 is 4.79 Å². The van der Waals surface area contributed by atoms with Crippen LogP contribution in [0.5, 0.6) is 0 Å². The van der Waals surface area contributed by atoms with Gasteiger partial charge in [-0.1, -0.05) is 6.92 Å². The molecule has 116 valence electrons. The van der Waals surface area contributed by atoms with Crippen LogP contribution in [0.3, 0.4) is 0 Å². The highest BCUT2D eigenvalue weighted by molar-refractivity contribution is 7.09. The number of aromatic nitrogens is 1. The van der Waals surface area contributed by atoms with E-state index in [2.05, 4.69) is 22.5 Å². The molecule has 4 nitrogen and oxygen atoms in total. The van der Waals surface area contributed by atoms with Crippen LogP contribution in [-0.2, 0) is 11.2 Å². The van der Waals surface area contributed by atoms with E-state index in [1.165, 1.54) is 6.42 Å². The second-order valence-corrected chi connectivity index (χ2v) is 5.75. The topological polar surface area (TPSA) is 54.0 Å². The highest BCUT2D eigenvalue weighted by Gasteiger charge is 2.19. The summed E-state index contributed by atoms with van der Waals surface area (Å²) < 4.78 is 0. The number of carbonyl (C=O) groups is 1. The van der Waals surface area contributed by atoms with Gasteiger partial charge in [0.15, 0.2) is 0 Å². The van der Waals surface area contributed by atoms with Crippen molar-refractivity contribution in [1.82, 2.24) is 15.6 Å². The largest absolute Gasteiger partial charge is 0.348 e. The lowest BCUT2D eigenvalue weighted by molar-refractivity contribution is -0.122. The van der Waals surface area contributed by atoms with Crippen LogP contribution in [0.4, 0.5) is 0 Å². The number of hydrogen-bond acceptors (Lipinski definition) is 4. The van der Waals surface area contributed by atoms with E-state index < -0.39 is 0 Å². The number of rotatable bonds is 5. The molecule has 0 aromatic carbocycles. The molecule has 20 heavy (non-hydrogen) atoms. The smallest absolute Gasteiger partial charge is 0.222 e. The quantitative estimate of drug-likeness (QED) is 0.867. The fourth-order valence-electron chi connectivity index (χ4n) is 2.22. The lowest BCUT2D eigenvalue weighted by Crippen LogP contribution is -2.33. The van der Waals surface area contributed by atoms with Crippen LogP contribution in [0.2, 0.25) is 0 Å². The first kappa shape index (κ1) is 19.6. The Morgan fingerprint density at radius 3 is 2.90 bits per heavy atom. The maximum atomic E-state index is 11.9. The zero-order chi connectivity index (χ0) is 13.0. The SMILES string of the molecule is CCc1nc(C(C)NC(=O)CC2CCCN2)cs1.Cl.Cl. The van der Waals surface area contributed by atoms with Gasteiger partial charge in [0.1, 0.15) is 0 Å². The number of halogens is 2. The molecular formula is C13H23Cl2N3OS. The summed E-state index contributed by atoms with van der Waals surface area (Å²) in [6.07, 6.45) is 3.82. The molecule has 1 aliphatic heterocycles. The fraction of sp³-hybridized carbons (Fsp3) is 0.692. The minimum absolute atomic E-state index is 0. The molecule has 0 aliphatic carbocycles. The third kappa shape index (κ3) is 5.56. The summed E-state index contributed by atoms with van der Waals surface area (Å²) in [5.41, 5.74) is 0.976. The second kappa shape index (κ2) is 9.55. The molecule has 1 saturated heterocycles. The summed E-state index contributed by atoms with van der Waals surface area (Å²) in [4.78, 5) is 16.4. The summed E-state index contributed by atoms with van der Waals surface area (Å²) in [6, 6.07) is 0.370. The summed E-state index contributed by atoms with van der Waals surface area (Å²) in [5, 5.41) is 9.53. The predicted octanol–water partition coefficient (Wildman–Crippen LogP) is 2.87. The monoisotopic (exact) mass is 339 g/mol. The average molecular weight is 340 g/mol. The predicted molar refractivity (Wildman–Crippen MR) is 88.2 cm³/mol. The van der Waals surface area contributed by atoms with Crippen molar-refractivity contribution in [1.29, 1.82) is 0 Å². The van der Waals surface area contributed by atoms with Crippen molar-refractivity contribution in [3.63, 3.8) is 0 Å². The van der Waals surface area contributed by atoms with Gasteiger partial charge in [-0.25, -0.2) is 4.98 Å². The molecule has 0 radical (unpaired) electrons. The van der Waals surface area contributed by atoms with Gasteiger partial charge in [0.05, 0.1) is 16.7 Å². The number of nitrogens with one attached hydrogen (secondary N) is 2. The summed E-state index contributed by atoms with van der Waals surface area (Å²) in [7, 11) is 0. The lowest BCUT2D eigenvalue weighted by Gasteiger charge is -2.14. The zero-order valence-electron chi connectivity index (χ0n) is 11.8. The summed E-state index contributed by atoms with van der Waals surface area (Å²) in [5.74, 6) is 0.118. The number of hydrogen-bond donors (Lipinski definition) is 2. The molecule has 2 atom stereocenters. The number of nitrogens with zero attached hydrogens (tertiary/aromatic N) is 1. The Kier molecular flexibility index (Phi) is 9.38. The van der Waals surface area contributed by atoms with Gasteiger partial charge >= 0.3 is 0 Å². The Morgan fingerprint density at radius 1 is 1.60 bits per heavy atom. The molecule has 1 aliphatic rings. The molecule has 2 heterocycles. The van der Waals surface area contributed by atoms with Gasteiger partial charge in [0, 0.05) is 17.8 Å². The molecule has 0 spiro atoms. The van der Waals surface area contributed by atoms with E-state index in [9.17, 15) is 4.79 Å². The molecule has 1 amide bonds. The van der Waals surface area contributed by atoms with Crippen LogP contribution in [0.1, 0.15) is 49.9 Å². The maximum Gasteiger partial charge on any atom is 0.222 e. The Balaban J connectivity index is 0.00000180. The molecule has 2 N–H and O–H groups in total. The van der Waals surface area contributed by atoms with E-state index in [0.29, 0.717) is 12.5 Å². The van der Waals surface area contributed by atoms with Gasteiger partial charge in [-0.15, -0.1) is 36.2 Å². The van der Waals surface area contributed by atoms with Crippen molar-refractivity contribution in [2.45, 2.75) is 51.6 Å². The van der Waals surface area contributed by atoms with Crippen molar-refractivity contribution in [3.05, 3.63) is 16.1 Å². The number of amides is 1. The van der Waals surface area contributed by atoms with Crippen molar-refractivity contribution in [2.24, 2.45) is 0 Å². The highest BCUT2D eigenvalue weighted by Crippen LogP contribution is 2.17. The third-order valence-corrected chi connectivity index (χ3v) is 4.30. The van der Waals surface area contributed by atoms with Crippen molar-refractivity contribution >= 4 is 42.1 Å². The minimum atomic E-state index is 0. The minimum Gasteiger partial charge on any atom is -0.348 e. The van der Waals surface area contributed by atoms with E-state index in [1.807, 2.05) is 12.3 Å². The van der Waals surface area contributed by atoms with Crippen LogP contribution in [0.25, 0.3) is 0 Å². The highest BCUT2D eigenvalue weighted by atomic mass is 35.5. The Bertz CT molecular complexity index is 408. The van der Waals surface area contributed by atoms with Gasteiger partial charge in [0.25, 0.3) is 0 Å². The molecule has 2 rings (SSSR count). The van der Waals surface area contributed by atoms with E-state index in [1.54, 1.807) is 11.3 Å². The average Bonchev–Trinajstić information content (AvgIpc) is 2.98. The molecule has 1 aromatic rings. The van der Waals surface area contributed by atoms with Crippen LogP contribution >= 0.6 is 36.2 Å². The van der Waals surface area contributed by atoms with Crippen LogP contribution in [0, 0.1) is 0 Å². The van der Waals surface area contributed by atoms with Crippen molar-refractivity contribution in [2.75, 3.05) is 6.54 Å². The van der Waals surface area contributed by atoms with Crippen LogP contribution in [-0.4, -0.2) is 23.5 Å². The number of thiazole rings is 1. The van der Waals surface area contributed by atoms with Gasteiger partial charge in [-0.3, -0.25) is 4.79 Å². The first-order chi connectivity index (χ1) is 8.69. The van der Waals surface area contributed by atoms with E-state index in [0.717, 1.165) is 30.1 Å². The first-order valence-corrected chi connectivity index (χ1v) is 7.54. The van der Waals surface area contributed by atoms with Crippen LogP contribution < -0.4 is 10.6 Å². The first-order valence-electron chi connectivity index (χ1n) is 6.66. The van der Waals surface area contributed by atoms with Crippen LogP contribution in [0.15, 0.2) is 5.38 Å². The maximum absolute atomic E-state index is 11.9.